The third-order valence-corrected chi connectivity index (χ3v) is 5.66. The highest BCUT2D eigenvalue weighted by Crippen LogP contribution is 2.35. The number of benzene rings is 1. The Labute approximate surface area is 184 Å². The average molecular weight is 427 g/mol. The normalized spacial score (nSPS) is 14.6. The van der Waals surface area contributed by atoms with Crippen molar-refractivity contribution in [2.24, 2.45) is 0 Å². The van der Waals surface area contributed by atoms with Crippen molar-refractivity contribution in [2.75, 3.05) is 13.2 Å². The molecule has 0 spiro atoms. The number of imidazole rings is 1. The second kappa shape index (κ2) is 8.99. The summed E-state index contributed by atoms with van der Waals surface area (Å²) in [6.45, 7) is 10.3. The second-order valence-corrected chi connectivity index (χ2v) is 9.86. The molecule has 3 N–H and O–H groups in total. The Kier molecular flexibility index (Phi) is 6.74. The van der Waals surface area contributed by atoms with E-state index in [0.29, 0.717) is 12.2 Å². The standard InChI is InChI=1S/C25H34N2O4/c1-24(2,3)22-14-26-23-11-17(9-10-27(22)23)21(30)13-25(4,5)18-7-6-8-20(12-18)31-16-19(29)15-28/h6-12,14,19,21,28-30H,13,15-16H2,1-5H3. The Morgan fingerprint density at radius 1 is 1.06 bits per heavy atom. The zero-order valence-electron chi connectivity index (χ0n) is 19.0. The second-order valence-electron chi connectivity index (χ2n) is 9.86. The van der Waals surface area contributed by atoms with E-state index in [9.17, 15) is 10.2 Å². The largest absolute Gasteiger partial charge is 0.491 e. The molecule has 0 radical (unpaired) electrons. The number of aliphatic hydroxyl groups excluding tert-OH is 3. The number of rotatable bonds is 8. The van der Waals surface area contributed by atoms with Gasteiger partial charge in [-0.05, 0) is 47.2 Å². The van der Waals surface area contributed by atoms with Crippen LogP contribution >= 0.6 is 0 Å². The minimum absolute atomic E-state index is 0.0121. The fraction of sp³-hybridized carbons (Fsp3) is 0.480. The number of aromatic nitrogens is 2. The van der Waals surface area contributed by atoms with Gasteiger partial charge in [-0.15, -0.1) is 0 Å². The van der Waals surface area contributed by atoms with E-state index in [0.717, 1.165) is 22.5 Å². The summed E-state index contributed by atoms with van der Waals surface area (Å²) in [5.41, 5.74) is 3.50. The number of pyridine rings is 1. The predicted octanol–water partition coefficient (Wildman–Crippen LogP) is 3.77. The maximum Gasteiger partial charge on any atom is 0.137 e. The minimum atomic E-state index is -0.908. The van der Waals surface area contributed by atoms with Crippen molar-refractivity contribution in [3.05, 3.63) is 65.6 Å². The van der Waals surface area contributed by atoms with Crippen LogP contribution in [0.1, 0.15) is 64.0 Å². The molecule has 0 fully saturated rings. The molecule has 31 heavy (non-hydrogen) atoms. The van der Waals surface area contributed by atoms with E-state index in [1.165, 1.54) is 0 Å². The summed E-state index contributed by atoms with van der Waals surface area (Å²) in [5, 5.41) is 29.4. The van der Waals surface area contributed by atoms with Gasteiger partial charge in [0.05, 0.1) is 12.7 Å². The molecule has 0 saturated heterocycles. The maximum absolute atomic E-state index is 11.0. The van der Waals surface area contributed by atoms with Gasteiger partial charge in [0, 0.05) is 23.5 Å². The molecule has 3 aromatic rings. The van der Waals surface area contributed by atoms with Crippen LogP contribution in [0.5, 0.6) is 5.75 Å². The molecular formula is C25H34N2O4. The van der Waals surface area contributed by atoms with Crippen LogP contribution in [0.4, 0.5) is 0 Å². The van der Waals surface area contributed by atoms with E-state index in [1.54, 1.807) is 0 Å². The van der Waals surface area contributed by atoms with Gasteiger partial charge in [-0.3, -0.25) is 0 Å². The minimum Gasteiger partial charge on any atom is -0.491 e. The highest BCUT2D eigenvalue weighted by molar-refractivity contribution is 5.45. The molecule has 168 valence electrons. The summed E-state index contributed by atoms with van der Waals surface area (Å²) >= 11 is 0. The van der Waals surface area contributed by atoms with Crippen LogP contribution in [-0.4, -0.2) is 44.0 Å². The Bertz CT molecular complexity index is 1020. The molecule has 0 aliphatic carbocycles. The van der Waals surface area contributed by atoms with Crippen LogP contribution in [0.3, 0.4) is 0 Å². The molecule has 0 saturated carbocycles. The molecule has 3 rings (SSSR count). The van der Waals surface area contributed by atoms with E-state index in [2.05, 4.69) is 44.0 Å². The third kappa shape index (κ3) is 5.45. The summed E-state index contributed by atoms with van der Waals surface area (Å²) in [4.78, 5) is 4.53. The van der Waals surface area contributed by atoms with Crippen molar-refractivity contribution < 1.29 is 20.1 Å². The molecule has 2 unspecified atom stereocenters. The van der Waals surface area contributed by atoms with Crippen LogP contribution < -0.4 is 4.74 Å². The van der Waals surface area contributed by atoms with E-state index in [-0.39, 0.29) is 24.0 Å². The fourth-order valence-electron chi connectivity index (χ4n) is 3.73. The van der Waals surface area contributed by atoms with Crippen molar-refractivity contribution in [2.45, 2.75) is 64.1 Å². The van der Waals surface area contributed by atoms with Gasteiger partial charge in [-0.2, -0.15) is 0 Å². The van der Waals surface area contributed by atoms with Gasteiger partial charge in [0.25, 0.3) is 0 Å². The Morgan fingerprint density at radius 2 is 1.81 bits per heavy atom. The number of hydrogen-bond donors (Lipinski definition) is 3. The Balaban J connectivity index is 1.77. The SMILES string of the molecule is CC(C)(C)c1cnc2cc(C(O)CC(C)(C)c3cccc(OCC(O)CO)c3)ccn12. The maximum atomic E-state index is 11.0. The highest BCUT2D eigenvalue weighted by Gasteiger charge is 2.26. The molecule has 2 aromatic heterocycles. The van der Waals surface area contributed by atoms with Crippen LogP contribution in [0.25, 0.3) is 5.65 Å². The predicted molar refractivity (Wildman–Crippen MR) is 122 cm³/mol. The molecule has 0 aliphatic heterocycles. The number of aliphatic hydroxyl groups is 3. The molecule has 0 bridgehead atoms. The first kappa shape index (κ1) is 23.3. The van der Waals surface area contributed by atoms with Gasteiger partial charge in [0.2, 0.25) is 0 Å². The molecule has 1 aromatic carbocycles. The third-order valence-electron chi connectivity index (χ3n) is 5.66. The van der Waals surface area contributed by atoms with E-state index in [4.69, 9.17) is 9.84 Å². The van der Waals surface area contributed by atoms with Gasteiger partial charge in [0.15, 0.2) is 0 Å². The lowest BCUT2D eigenvalue weighted by Gasteiger charge is -2.29. The van der Waals surface area contributed by atoms with Crippen LogP contribution in [0.2, 0.25) is 0 Å². The lowest BCUT2D eigenvalue weighted by molar-refractivity contribution is 0.0535. The fourth-order valence-corrected chi connectivity index (χ4v) is 3.73. The number of ether oxygens (including phenoxy) is 1. The Morgan fingerprint density at radius 3 is 2.48 bits per heavy atom. The monoisotopic (exact) mass is 426 g/mol. The molecule has 2 atom stereocenters. The van der Waals surface area contributed by atoms with E-state index < -0.39 is 12.2 Å². The summed E-state index contributed by atoms with van der Waals surface area (Å²) in [6.07, 6.45) is 2.86. The van der Waals surface area contributed by atoms with Crippen molar-refractivity contribution in [3.63, 3.8) is 0 Å². The number of fused-ring (bicyclic) bond motifs is 1. The summed E-state index contributed by atoms with van der Waals surface area (Å²) in [7, 11) is 0. The highest BCUT2D eigenvalue weighted by atomic mass is 16.5. The smallest absolute Gasteiger partial charge is 0.137 e. The lowest BCUT2D eigenvalue weighted by Crippen LogP contribution is -2.22. The van der Waals surface area contributed by atoms with Gasteiger partial charge >= 0.3 is 0 Å². The van der Waals surface area contributed by atoms with Crippen molar-refractivity contribution >= 4 is 5.65 Å². The van der Waals surface area contributed by atoms with Crippen molar-refractivity contribution in [1.29, 1.82) is 0 Å². The summed E-state index contributed by atoms with van der Waals surface area (Å²) in [5.74, 6) is 0.626. The van der Waals surface area contributed by atoms with Crippen LogP contribution in [0, 0.1) is 0 Å². The zero-order chi connectivity index (χ0) is 22.8. The topological polar surface area (TPSA) is 87.2 Å². The quantitative estimate of drug-likeness (QED) is 0.510. The first-order valence-corrected chi connectivity index (χ1v) is 10.7. The van der Waals surface area contributed by atoms with Crippen molar-refractivity contribution in [3.8, 4) is 5.75 Å². The lowest BCUT2D eigenvalue weighted by atomic mass is 9.78. The van der Waals surface area contributed by atoms with Crippen LogP contribution in [0.15, 0.2) is 48.8 Å². The first-order chi connectivity index (χ1) is 14.5. The van der Waals surface area contributed by atoms with E-state index in [1.807, 2.05) is 48.8 Å². The number of hydrogen-bond acceptors (Lipinski definition) is 5. The average Bonchev–Trinajstić information content (AvgIpc) is 3.15. The number of nitrogens with zero attached hydrogens (tertiary/aromatic N) is 2. The molecule has 0 aliphatic rings. The van der Waals surface area contributed by atoms with Crippen molar-refractivity contribution in [1.82, 2.24) is 9.38 Å². The summed E-state index contributed by atoms with van der Waals surface area (Å²) in [6, 6.07) is 11.6. The van der Waals surface area contributed by atoms with Gasteiger partial charge in [-0.1, -0.05) is 46.8 Å². The van der Waals surface area contributed by atoms with Gasteiger partial charge < -0.3 is 24.5 Å². The molecular weight excluding hydrogens is 392 g/mol. The molecule has 2 heterocycles. The van der Waals surface area contributed by atoms with Gasteiger partial charge in [-0.25, -0.2) is 4.98 Å². The molecule has 0 amide bonds. The van der Waals surface area contributed by atoms with Gasteiger partial charge in [0.1, 0.15) is 24.1 Å². The summed E-state index contributed by atoms with van der Waals surface area (Å²) < 4.78 is 7.65. The zero-order valence-corrected chi connectivity index (χ0v) is 19.0. The first-order valence-electron chi connectivity index (χ1n) is 10.7. The molecule has 6 heteroatoms. The Hall–Kier alpha value is -2.41. The van der Waals surface area contributed by atoms with E-state index >= 15 is 0 Å². The molecule has 6 nitrogen and oxygen atoms in total. The van der Waals surface area contributed by atoms with Crippen LogP contribution in [-0.2, 0) is 10.8 Å².